The number of aromatic nitrogens is 4. The third-order valence-corrected chi connectivity index (χ3v) is 7.59. The number of amides is 1. The Balaban J connectivity index is 1.54. The number of carbonyl (C=O) groups is 1. The first-order valence-electron chi connectivity index (χ1n) is 10.8. The molecule has 3 aromatic rings. The zero-order chi connectivity index (χ0) is 23.5. The number of nitrogens with one attached hydrogen (secondary N) is 1. The highest BCUT2D eigenvalue weighted by atomic mass is 19.1. The van der Waals surface area contributed by atoms with Crippen molar-refractivity contribution < 1.29 is 13.6 Å². The molecule has 0 saturated heterocycles. The van der Waals surface area contributed by atoms with Crippen molar-refractivity contribution in [2.24, 2.45) is 5.41 Å². The molecule has 0 aliphatic heterocycles. The zero-order valence-electron chi connectivity index (χ0n) is 18.5. The number of halogens is 2. The monoisotopic (exact) mass is 451 g/mol. The lowest BCUT2D eigenvalue weighted by Gasteiger charge is -2.40. The summed E-state index contributed by atoms with van der Waals surface area (Å²) in [4.78, 5) is 25.8. The number of carbonyl (C=O) groups excluding carboxylic acids is 1. The maximum atomic E-state index is 14.4. The molecule has 0 unspecified atom stereocenters. The minimum atomic E-state index is -0.680. The molecule has 7 nitrogen and oxygen atoms in total. The van der Waals surface area contributed by atoms with E-state index in [1.54, 1.807) is 18.0 Å². The molecule has 33 heavy (non-hydrogen) atoms. The molecular weight excluding hydrogens is 428 g/mol. The molecule has 2 bridgehead atoms. The van der Waals surface area contributed by atoms with Crippen LogP contribution >= 0.6 is 0 Å². The van der Waals surface area contributed by atoms with Gasteiger partial charge >= 0.3 is 0 Å². The van der Waals surface area contributed by atoms with Gasteiger partial charge in [-0.1, -0.05) is 19.9 Å². The van der Waals surface area contributed by atoms with E-state index in [2.05, 4.69) is 34.2 Å². The van der Waals surface area contributed by atoms with E-state index in [0.29, 0.717) is 6.54 Å². The first-order valence-corrected chi connectivity index (χ1v) is 10.8. The molecule has 2 atom stereocenters. The summed E-state index contributed by atoms with van der Waals surface area (Å²) >= 11 is 0. The molecule has 1 fully saturated rings. The predicted octanol–water partition coefficient (Wildman–Crippen LogP) is 3.43. The number of likely N-dealkylation sites (N-methyl/N-ethyl adjacent to an activating group) is 1. The highest BCUT2D eigenvalue weighted by molar-refractivity contribution is 5.92. The molecule has 1 N–H and O–H groups in total. The second-order valence-electron chi connectivity index (χ2n) is 9.49. The van der Waals surface area contributed by atoms with E-state index < -0.39 is 17.0 Å². The molecule has 2 aliphatic rings. The summed E-state index contributed by atoms with van der Waals surface area (Å²) < 4.78 is 28.7. The van der Waals surface area contributed by atoms with Gasteiger partial charge in [0.25, 0.3) is 11.5 Å². The van der Waals surface area contributed by atoms with Gasteiger partial charge in [0, 0.05) is 25.1 Å². The van der Waals surface area contributed by atoms with E-state index in [1.807, 2.05) is 0 Å². The van der Waals surface area contributed by atoms with Crippen molar-refractivity contribution in [2.75, 3.05) is 13.6 Å². The lowest BCUT2D eigenvalue weighted by Crippen LogP contribution is -2.47. The van der Waals surface area contributed by atoms with Gasteiger partial charge in [0.1, 0.15) is 17.3 Å². The predicted molar refractivity (Wildman–Crippen MR) is 117 cm³/mol. The van der Waals surface area contributed by atoms with Crippen molar-refractivity contribution in [3.8, 4) is 11.3 Å². The van der Waals surface area contributed by atoms with Gasteiger partial charge in [-0.05, 0) is 54.0 Å². The van der Waals surface area contributed by atoms with Crippen LogP contribution in [0.4, 0.5) is 8.78 Å². The quantitative estimate of drug-likeness (QED) is 0.656. The molecular formula is C24H23F2N5O2. The van der Waals surface area contributed by atoms with Gasteiger partial charge in [-0.15, -0.1) is 0 Å². The molecule has 5 rings (SSSR count). The average molecular weight is 451 g/mol. The van der Waals surface area contributed by atoms with Crippen molar-refractivity contribution in [2.45, 2.75) is 38.0 Å². The lowest BCUT2D eigenvalue weighted by atomic mass is 9.68. The van der Waals surface area contributed by atoms with Crippen molar-refractivity contribution >= 4 is 5.91 Å². The van der Waals surface area contributed by atoms with Gasteiger partial charge < -0.3 is 4.90 Å². The summed E-state index contributed by atoms with van der Waals surface area (Å²) in [5.74, 6) is -1.54. The third-order valence-electron chi connectivity index (χ3n) is 7.59. The fourth-order valence-electron chi connectivity index (χ4n) is 5.78. The second-order valence-corrected chi connectivity index (χ2v) is 9.49. The largest absolute Gasteiger partial charge is 0.339 e. The van der Waals surface area contributed by atoms with E-state index in [4.69, 9.17) is 0 Å². The Morgan fingerprint density at radius 3 is 2.58 bits per heavy atom. The molecule has 2 aromatic heterocycles. The number of H-pyrrole nitrogens is 1. The molecule has 0 radical (unpaired) electrons. The summed E-state index contributed by atoms with van der Waals surface area (Å²) in [6.45, 7) is 4.67. The van der Waals surface area contributed by atoms with E-state index in [1.165, 1.54) is 30.3 Å². The Morgan fingerprint density at radius 1 is 1.18 bits per heavy atom. The Labute approximate surface area is 188 Å². The molecule has 1 saturated carbocycles. The number of rotatable bonds is 4. The summed E-state index contributed by atoms with van der Waals surface area (Å²) in [7, 11) is 1.70. The van der Waals surface area contributed by atoms with Crippen molar-refractivity contribution in [1.29, 1.82) is 0 Å². The summed E-state index contributed by atoms with van der Waals surface area (Å²) in [6, 6.07) is 8.14. The van der Waals surface area contributed by atoms with Crippen molar-refractivity contribution in [3.05, 3.63) is 75.3 Å². The third kappa shape index (κ3) is 3.02. The van der Waals surface area contributed by atoms with Crippen LogP contribution in [-0.2, 0) is 5.41 Å². The van der Waals surface area contributed by atoms with Gasteiger partial charge in [0.15, 0.2) is 0 Å². The van der Waals surface area contributed by atoms with Gasteiger partial charge in [0.05, 0.1) is 17.0 Å². The molecule has 9 heteroatoms. The zero-order valence-corrected chi connectivity index (χ0v) is 18.5. The standard InChI is InChI=1S/C24H23F2N5O2/c1-23(2)14-9-10-24(23,12-31(3)22(33)17-7-8-19(32)29-27-17)21-13(14)11-18(28-30-21)20-15(25)5-4-6-16(20)26/h4-8,11,14H,9-10,12H2,1-3H3,(H,29,32)/t14-,24-/m0/s1. The van der Waals surface area contributed by atoms with E-state index in [-0.39, 0.29) is 39.8 Å². The normalized spacial score (nSPS) is 22.3. The Morgan fingerprint density at radius 2 is 1.91 bits per heavy atom. The van der Waals surface area contributed by atoms with Gasteiger partial charge in [0.2, 0.25) is 0 Å². The Hall–Kier alpha value is -3.49. The number of benzene rings is 1. The van der Waals surface area contributed by atoms with Crippen LogP contribution in [0.3, 0.4) is 0 Å². The first-order chi connectivity index (χ1) is 15.7. The van der Waals surface area contributed by atoms with Crippen molar-refractivity contribution in [3.63, 3.8) is 0 Å². The second kappa shape index (κ2) is 7.26. The first kappa shape index (κ1) is 21.4. The highest BCUT2D eigenvalue weighted by Gasteiger charge is 2.63. The minimum Gasteiger partial charge on any atom is -0.339 e. The highest BCUT2D eigenvalue weighted by Crippen LogP contribution is 2.67. The molecule has 170 valence electrons. The fourth-order valence-corrected chi connectivity index (χ4v) is 5.78. The number of nitrogens with zero attached hydrogens (tertiary/aromatic N) is 4. The lowest BCUT2D eigenvalue weighted by molar-refractivity contribution is 0.0690. The number of hydrogen-bond acceptors (Lipinski definition) is 5. The molecule has 2 heterocycles. The molecule has 2 aliphatic carbocycles. The van der Waals surface area contributed by atoms with Crippen LogP contribution in [0, 0.1) is 17.0 Å². The van der Waals surface area contributed by atoms with Crippen LogP contribution in [-0.4, -0.2) is 44.8 Å². The van der Waals surface area contributed by atoms with Crippen molar-refractivity contribution in [1.82, 2.24) is 25.3 Å². The number of hydrogen-bond donors (Lipinski definition) is 1. The average Bonchev–Trinajstić information content (AvgIpc) is 3.13. The SMILES string of the molecule is CN(C[C@@]12CC[C@@H](c3cc(-c4c(F)cccc4F)nnc31)C2(C)C)C(=O)c1ccc(=O)[nH]n1. The molecule has 0 spiro atoms. The maximum Gasteiger partial charge on any atom is 0.274 e. The Bertz CT molecular complexity index is 1300. The van der Waals surface area contributed by atoms with Crippen LogP contribution in [0.5, 0.6) is 0 Å². The topological polar surface area (TPSA) is 91.8 Å². The number of aromatic amines is 1. The van der Waals surface area contributed by atoms with Crippen LogP contribution < -0.4 is 5.56 Å². The fraction of sp³-hybridized carbons (Fsp3) is 0.375. The summed E-state index contributed by atoms with van der Waals surface area (Å²) in [5, 5.41) is 14.8. The Kier molecular flexibility index (Phi) is 4.70. The van der Waals surface area contributed by atoms with Gasteiger partial charge in [-0.25, -0.2) is 13.9 Å². The van der Waals surface area contributed by atoms with Crippen LogP contribution in [0.1, 0.15) is 54.4 Å². The van der Waals surface area contributed by atoms with Crippen LogP contribution in [0.2, 0.25) is 0 Å². The molecule has 1 aromatic carbocycles. The van der Waals surface area contributed by atoms with E-state index in [9.17, 15) is 18.4 Å². The van der Waals surface area contributed by atoms with E-state index in [0.717, 1.165) is 24.1 Å². The smallest absolute Gasteiger partial charge is 0.274 e. The molecule has 1 amide bonds. The summed E-state index contributed by atoms with van der Waals surface area (Å²) in [5.41, 5.74) is 0.761. The van der Waals surface area contributed by atoms with Crippen LogP contribution in [0.25, 0.3) is 11.3 Å². The minimum absolute atomic E-state index is 0.131. The van der Waals surface area contributed by atoms with Gasteiger partial charge in [-0.3, -0.25) is 9.59 Å². The number of fused-ring (bicyclic) bond motifs is 5. The summed E-state index contributed by atoms with van der Waals surface area (Å²) in [6.07, 6.45) is 1.69. The van der Waals surface area contributed by atoms with Crippen LogP contribution in [0.15, 0.2) is 41.2 Å². The van der Waals surface area contributed by atoms with Gasteiger partial charge in [-0.2, -0.15) is 15.3 Å². The van der Waals surface area contributed by atoms with E-state index >= 15 is 0 Å². The maximum absolute atomic E-state index is 14.4.